The Kier molecular flexibility index (Phi) is 3.50. The lowest BCUT2D eigenvalue weighted by Gasteiger charge is -2.25. The second-order valence-corrected chi connectivity index (χ2v) is 5.79. The summed E-state index contributed by atoms with van der Waals surface area (Å²) in [7, 11) is 0. The normalized spacial score (nSPS) is 31.5. The van der Waals surface area contributed by atoms with Crippen LogP contribution in [0.3, 0.4) is 0 Å². The van der Waals surface area contributed by atoms with Crippen LogP contribution in [0.1, 0.15) is 41.0 Å². The zero-order chi connectivity index (χ0) is 12.6. The molecule has 0 aromatic heterocycles. The zero-order valence-corrected chi connectivity index (χ0v) is 10.7. The molecule has 2 atom stereocenters. The fraction of sp³-hybridized carbons (Fsp3) is 0.909. The first kappa shape index (κ1) is 13.3. The average molecular weight is 230 g/mol. The van der Waals surface area contributed by atoms with Crippen molar-refractivity contribution in [1.82, 2.24) is 10.4 Å². The van der Waals surface area contributed by atoms with Crippen LogP contribution in [-0.4, -0.2) is 40.0 Å². The number of hydrazine groups is 1. The van der Waals surface area contributed by atoms with E-state index in [1.54, 1.807) is 11.9 Å². The van der Waals surface area contributed by atoms with Gasteiger partial charge in [0.2, 0.25) is 0 Å². The second kappa shape index (κ2) is 4.22. The number of aliphatic hydroxyl groups is 1. The maximum Gasteiger partial charge on any atom is 0.422 e. The summed E-state index contributed by atoms with van der Waals surface area (Å²) in [5, 5.41) is 11.6. The van der Waals surface area contributed by atoms with Crippen molar-refractivity contribution in [2.24, 2.45) is 0 Å². The highest BCUT2D eigenvalue weighted by Crippen LogP contribution is 2.24. The van der Waals surface area contributed by atoms with Gasteiger partial charge in [0.05, 0.1) is 5.60 Å². The van der Waals surface area contributed by atoms with E-state index in [0.29, 0.717) is 13.0 Å². The van der Waals surface area contributed by atoms with Crippen molar-refractivity contribution in [3.05, 3.63) is 0 Å². The first-order valence-electron chi connectivity index (χ1n) is 5.58. The Balaban J connectivity index is 2.47. The van der Waals surface area contributed by atoms with Gasteiger partial charge < -0.3 is 9.84 Å². The summed E-state index contributed by atoms with van der Waals surface area (Å²) in [4.78, 5) is 11.5. The van der Waals surface area contributed by atoms with Gasteiger partial charge in [-0.25, -0.2) is 9.80 Å². The smallest absolute Gasteiger partial charge is 0.422 e. The number of amides is 1. The van der Waals surface area contributed by atoms with Gasteiger partial charge in [-0.05, 0) is 41.0 Å². The van der Waals surface area contributed by atoms with Crippen LogP contribution >= 0.6 is 0 Å². The summed E-state index contributed by atoms with van der Waals surface area (Å²) < 4.78 is 5.14. The minimum absolute atomic E-state index is 0.113. The number of nitrogens with one attached hydrogen (secondary N) is 1. The SMILES string of the molecule is CC1CC(C)(O)CN1NC(=O)OC(C)(C)C. The van der Waals surface area contributed by atoms with E-state index in [1.165, 1.54) is 0 Å². The maximum absolute atomic E-state index is 11.5. The lowest BCUT2D eigenvalue weighted by atomic mass is 10.0. The van der Waals surface area contributed by atoms with Gasteiger partial charge in [0, 0.05) is 12.6 Å². The predicted octanol–water partition coefficient (Wildman–Crippen LogP) is 1.27. The Labute approximate surface area is 96.7 Å². The van der Waals surface area contributed by atoms with Crippen LogP contribution in [-0.2, 0) is 4.74 Å². The van der Waals surface area contributed by atoms with Crippen LogP contribution < -0.4 is 5.43 Å². The van der Waals surface area contributed by atoms with Gasteiger partial charge in [-0.15, -0.1) is 0 Å². The molecule has 16 heavy (non-hydrogen) atoms. The third-order valence-corrected chi connectivity index (χ3v) is 2.41. The Morgan fingerprint density at radius 2 is 2.12 bits per heavy atom. The maximum atomic E-state index is 11.5. The average Bonchev–Trinajstić information content (AvgIpc) is 2.19. The molecule has 0 saturated carbocycles. The number of hydrogen-bond acceptors (Lipinski definition) is 4. The Hall–Kier alpha value is -0.810. The van der Waals surface area contributed by atoms with E-state index in [0.717, 1.165) is 0 Å². The van der Waals surface area contributed by atoms with Crippen molar-refractivity contribution in [2.45, 2.75) is 58.3 Å². The minimum Gasteiger partial charge on any atom is -0.443 e. The van der Waals surface area contributed by atoms with Gasteiger partial charge in [0.1, 0.15) is 5.60 Å². The zero-order valence-electron chi connectivity index (χ0n) is 10.7. The molecule has 1 aliphatic heterocycles. The summed E-state index contributed by atoms with van der Waals surface area (Å²) in [6, 6.07) is 0.113. The topological polar surface area (TPSA) is 61.8 Å². The molecule has 0 radical (unpaired) electrons. The number of carbonyl (C=O) groups is 1. The van der Waals surface area contributed by atoms with E-state index in [9.17, 15) is 9.90 Å². The van der Waals surface area contributed by atoms with Gasteiger partial charge in [0.25, 0.3) is 0 Å². The number of hydrogen-bond donors (Lipinski definition) is 2. The highest BCUT2D eigenvalue weighted by molar-refractivity contribution is 5.67. The summed E-state index contributed by atoms with van der Waals surface area (Å²) in [6.45, 7) is 9.59. The van der Waals surface area contributed by atoms with Gasteiger partial charge in [-0.3, -0.25) is 5.43 Å². The van der Waals surface area contributed by atoms with E-state index in [4.69, 9.17) is 4.74 Å². The number of β-amino-alcohol motifs (C(OH)–C–C–N with tert-alkyl or cyclic N) is 1. The van der Waals surface area contributed by atoms with Crippen LogP contribution in [0.2, 0.25) is 0 Å². The summed E-state index contributed by atoms with van der Waals surface area (Å²) in [6.07, 6.45) is 0.167. The first-order valence-corrected chi connectivity index (χ1v) is 5.58. The van der Waals surface area contributed by atoms with Gasteiger partial charge in [-0.2, -0.15) is 0 Å². The molecule has 0 aliphatic carbocycles. The Morgan fingerprint density at radius 3 is 2.50 bits per heavy atom. The molecule has 1 amide bonds. The van der Waals surface area contributed by atoms with Gasteiger partial charge >= 0.3 is 6.09 Å². The lowest BCUT2D eigenvalue weighted by Crippen LogP contribution is -2.47. The minimum atomic E-state index is -0.742. The molecule has 1 heterocycles. The molecule has 1 aliphatic rings. The van der Waals surface area contributed by atoms with Crippen molar-refractivity contribution < 1.29 is 14.6 Å². The molecule has 0 bridgehead atoms. The summed E-state index contributed by atoms with van der Waals surface area (Å²) >= 11 is 0. The molecular weight excluding hydrogens is 208 g/mol. The van der Waals surface area contributed by atoms with Crippen molar-refractivity contribution in [1.29, 1.82) is 0 Å². The fourth-order valence-electron chi connectivity index (χ4n) is 1.90. The van der Waals surface area contributed by atoms with Gasteiger partial charge in [0.15, 0.2) is 0 Å². The Bertz CT molecular complexity index is 271. The highest BCUT2D eigenvalue weighted by Gasteiger charge is 2.38. The molecule has 2 N–H and O–H groups in total. The quantitative estimate of drug-likeness (QED) is 0.712. The number of ether oxygens (including phenoxy) is 1. The van der Waals surface area contributed by atoms with Crippen LogP contribution in [0.4, 0.5) is 4.79 Å². The predicted molar refractivity (Wildman–Crippen MR) is 60.8 cm³/mol. The molecule has 94 valence electrons. The molecule has 0 aromatic carbocycles. The van der Waals surface area contributed by atoms with E-state index in [-0.39, 0.29) is 6.04 Å². The third-order valence-electron chi connectivity index (χ3n) is 2.41. The number of rotatable bonds is 1. The van der Waals surface area contributed by atoms with Crippen LogP contribution in [0.15, 0.2) is 0 Å². The number of nitrogens with zero attached hydrogens (tertiary/aromatic N) is 1. The summed E-state index contributed by atoms with van der Waals surface area (Å²) in [5.74, 6) is 0. The Morgan fingerprint density at radius 1 is 1.56 bits per heavy atom. The van der Waals surface area contributed by atoms with E-state index in [2.05, 4.69) is 5.43 Å². The highest BCUT2D eigenvalue weighted by atomic mass is 16.6. The van der Waals surface area contributed by atoms with Crippen LogP contribution in [0, 0.1) is 0 Å². The third kappa shape index (κ3) is 3.98. The van der Waals surface area contributed by atoms with Crippen LogP contribution in [0.5, 0.6) is 0 Å². The molecule has 0 aromatic rings. The first-order chi connectivity index (χ1) is 7.09. The molecule has 1 rings (SSSR count). The van der Waals surface area contributed by atoms with Crippen molar-refractivity contribution in [2.75, 3.05) is 6.54 Å². The molecule has 5 nitrogen and oxygen atoms in total. The molecule has 0 spiro atoms. The molecule has 5 heteroatoms. The largest absolute Gasteiger partial charge is 0.443 e. The van der Waals surface area contributed by atoms with E-state index in [1.807, 2.05) is 27.7 Å². The lowest BCUT2D eigenvalue weighted by molar-refractivity contribution is 0.0244. The number of carbonyl (C=O) groups excluding carboxylic acids is 1. The molecular formula is C11H22N2O3. The molecule has 2 unspecified atom stereocenters. The van der Waals surface area contributed by atoms with Gasteiger partial charge in [-0.1, -0.05) is 0 Å². The monoisotopic (exact) mass is 230 g/mol. The summed E-state index contributed by atoms with van der Waals surface area (Å²) in [5.41, 5.74) is 1.41. The second-order valence-electron chi connectivity index (χ2n) is 5.79. The van der Waals surface area contributed by atoms with Crippen molar-refractivity contribution in [3.8, 4) is 0 Å². The van der Waals surface area contributed by atoms with E-state index >= 15 is 0 Å². The van der Waals surface area contributed by atoms with Crippen molar-refractivity contribution >= 4 is 6.09 Å². The fourth-order valence-corrected chi connectivity index (χ4v) is 1.90. The van der Waals surface area contributed by atoms with Crippen LogP contribution in [0.25, 0.3) is 0 Å². The van der Waals surface area contributed by atoms with Crippen molar-refractivity contribution in [3.63, 3.8) is 0 Å². The molecule has 1 fully saturated rings. The van der Waals surface area contributed by atoms with E-state index < -0.39 is 17.3 Å². The standard InChI is InChI=1S/C11H22N2O3/c1-8-6-11(5,15)7-13(8)12-9(14)16-10(2,3)4/h8,15H,6-7H2,1-5H3,(H,12,14). The molecule has 1 saturated heterocycles.